The number of methoxy groups -OCH3 is 1. The Morgan fingerprint density at radius 1 is 1.41 bits per heavy atom. The summed E-state index contributed by atoms with van der Waals surface area (Å²) in [7, 11) is 1.46. The average Bonchev–Trinajstić information content (AvgIpc) is 2.34. The fraction of sp³-hybridized carbons (Fsp3) is 0.455. The van der Waals surface area contributed by atoms with Gasteiger partial charge in [0.2, 0.25) is 0 Å². The van der Waals surface area contributed by atoms with Crippen molar-refractivity contribution in [2.24, 2.45) is 5.73 Å². The molecule has 0 aliphatic carbocycles. The topological polar surface area (TPSA) is 75.7 Å². The molecular weight excluding hydrogens is 354 g/mol. The summed E-state index contributed by atoms with van der Waals surface area (Å²) < 4.78 is 6.13. The average molecular weight is 369 g/mol. The number of nitrogens with two attached hydrogens (primary N) is 1. The summed E-state index contributed by atoms with van der Waals surface area (Å²) in [4.78, 5) is 0. The number of aliphatic hydroxyl groups excluding tert-OH is 1. The van der Waals surface area contributed by atoms with Crippen LogP contribution in [0.5, 0.6) is 11.5 Å². The van der Waals surface area contributed by atoms with Gasteiger partial charge in [0.1, 0.15) is 0 Å². The number of halogens is 2. The number of phenolic OH excluding ortho intramolecular Hbond substituents is 1. The standard InChI is InChI=1S/C11H15Br2NO3/c1-3-6(15)10(14)5-4-7(17-2)11(16)9(13)8(5)12/h4,6,10,15-16H,3,14H2,1-2H3/t6-,10+/m1/s1. The predicted molar refractivity (Wildman–Crippen MR) is 73.3 cm³/mol. The van der Waals surface area contributed by atoms with Crippen LogP contribution in [0.25, 0.3) is 0 Å². The molecule has 0 amide bonds. The predicted octanol–water partition coefficient (Wildman–Crippen LogP) is 2.70. The van der Waals surface area contributed by atoms with Crippen molar-refractivity contribution < 1.29 is 14.9 Å². The summed E-state index contributed by atoms with van der Waals surface area (Å²) >= 11 is 6.59. The van der Waals surface area contributed by atoms with Crippen molar-refractivity contribution in [3.8, 4) is 11.5 Å². The molecule has 0 unspecified atom stereocenters. The number of ether oxygens (including phenoxy) is 1. The summed E-state index contributed by atoms with van der Waals surface area (Å²) in [5, 5.41) is 19.5. The normalized spacial score (nSPS) is 14.5. The van der Waals surface area contributed by atoms with E-state index >= 15 is 0 Å². The highest BCUT2D eigenvalue weighted by atomic mass is 79.9. The minimum Gasteiger partial charge on any atom is -0.503 e. The van der Waals surface area contributed by atoms with Crippen molar-refractivity contribution in [3.63, 3.8) is 0 Å². The summed E-state index contributed by atoms with van der Waals surface area (Å²) in [6, 6.07) is 1.08. The maximum absolute atomic E-state index is 9.78. The largest absolute Gasteiger partial charge is 0.503 e. The lowest BCUT2D eigenvalue weighted by Gasteiger charge is -2.21. The van der Waals surface area contributed by atoms with E-state index in [0.29, 0.717) is 26.7 Å². The van der Waals surface area contributed by atoms with Gasteiger partial charge >= 0.3 is 0 Å². The lowest BCUT2D eigenvalue weighted by Crippen LogP contribution is -2.25. The van der Waals surface area contributed by atoms with E-state index in [1.165, 1.54) is 7.11 Å². The van der Waals surface area contributed by atoms with E-state index in [4.69, 9.17) is 10.5 Å². The van der Waals surface area contributed by atoms with Crippen LogP contribution >= 0.6 is 31.9 Å². The first-order valence-electron chi connectivity index (χ1n) is 5.12. The Labute approximate surface area is 117 Å². The van der Waals surface area contributed by atoms with Crippen molar-refractivity contribution in [2.75, 3.05) is 7.11 Å². The molecule has 0 saturated heterocycles. The zero-order valence-electron chi connectivity index (χ0n) is 9.58. The van der Waals surface area contributed by atoms with Crippen LogP contribution in [0.4, 0.5) is 0 Å². The van der Waals surface area contributed by atoms with Gasteiger partial charge in [-0.15, -0.1) is 0 Å². The van der Waals surface area contributed by atoms with Crippen molar-refractivity contribution in [1.29, 1.82) is 0 Å². The zero-order valence-corrected chi connectivity index (χ0v) is 12.7. The molecule has 0 heterocycles. The number of benzene rings is 1. The molecule has 0 fully saturated rings. The molecule has 1 aromatic carbocycles. The minimum atomic E-state index is -0.646. The Morgan fingerprint density at radius 3 is 2.47 bits per heavy atom. The van der Waals surface area contributed by atoms with Gasteiger partial charge in [-0.05, 0) is 49.9 Å². The Kier molecular flexibility index (Phi) is 5.24. The van der Waals surface area contributed by atoms with Gasteiger partial charge < -0.3 is 20.7 Å². The van der Waals surface area contributed by atoms with Crippen LogP contribution in [0.2, 0.25) is 0 Å². The number of hydrogen-bond acceptors (Lipinski definition) is 4. The quantitative estimate of drug-likeness (QED) is 0.763. The fourth-order valence-corrected chi connectivity index (χ4v) is 2.46. The summed E-state index contributed by atoms with van der Waals surface area (Å²) in [5.74, 6) is 0.315. The smallest absolute Gasteiger partial charge is 0.173 e. The highest BCUT2D eigenvalue weighted by molar-refractivity contribution is 9.13. The van der Waals surface area contributed by atoms with Crippen LogP contribution in [0.1, 0.15) is 24.9 Å². The van der Waals surface area contributed by atoms with Crippen LogP contribution in [-0.4, -0.2) is 23.4 Å². The number of aliphatic hydroxyl groups is 1. The van der Waals surface area contributed by atoms with E-state index in [1.54, 1.807) is 6.07 Å². The van der Waals surface area contributed by atoms with Gasteiger partial charge in [-0.25, -0.2) is 0 Å². The van der Waals surface area contributed by atoms with Gasteiger partial charge in [0, 0.05) is 4.47 Å². The third-order valence-corrected chi connectivity index (χ3v) is 4.74. The van der Waals surface area contributed by atoms with Gasteiger partial charge in [-0.2, -0.15) is 0 Å². The van der Waals surface area contributed by atoms with Crippen molar-refractivity contribution in [1.82, 2.24) is 0 Å². The SMILES string of the molecule is CC[C@@H](O)[C@@H](N)c1cc(OC)c(O)c(Br)c1Br. The first kappa shape index (κ1) is 14.8. The third-order valence-electron chi connectivity index (χ3n) is 2.59. The molecule has 0 bridgehead atoms. The van der Waals surface area contributed by atoms with Crippen LogP contribution in [-0.2, 0) is 0 Å². The van der Waals surface area contributed by atoms with Crippen LogP contribution in [0.15, 0.2) is 15.0 Å². The van der Waals surface area contributed by atoms with Gasteiger partial charge in [-0.1, -0.05) is 6.92 Å². The van der Waals surface area contributed by atoms with Crippen LogP contribution < -0.4 is 10.5 Å². The monoisotopic (exact) mass is 367 g/mol. The maximum Gasteiger partial charge on any atom is 0.173 e. The second kappa shape index (κ2) is 6.04. The fourth-order valence-electron chi connectivity index (χ4n) is 1.47. The molecule has 96 valence electrons. The van der Waals surface area contributed by atoms with E-state index in [-0.39, 0.29) is 5.75 Å². The Bertz CT molecular complexity index is 412. The van der Waals surface area contributed by atoms with Crippen molar-refractivity contribution in [3.05, 3.63) is 20.6 Å². The van der Waals surface area contributed by atoms with Crippen LogP contribution in [0, 0.1) is 0 Å². The molecule has 17 heavy (non-hydrogen) atoms. The molecule has 0 aromatic heterocycles. The zero-order chi connectivity index (χ0) is 13.2. The lowest BCUT2D eigenvalue weighted by atomic mass is 10.0. The van der Waals surface area contributed by atoms with Crippen molar-refractivity contribution >= 4 is 31.9 Å². The lowest BCUT2D eigenvalue weighted by molar-refractivity contribution is 0.140. The first-order chi connectivity index (χ1) is 7.93. The van der Waals surface area contributed by atoms with Gasteiger partial charge in [-0.3, -0.25) is 0 Å². The summed E-state index contributed by atoms with van der Waals surface area (Å²) in [6.45, 7) is 1.85. The summed E-state index contributed by atoms with van der Waals surface area (Å²) in [5.41, 5.74) is 6.64. The Balaban J connectivity index is 3.29. The second-order valence-corrected chi connectivity index (χ2v) is 5.23. The Morgan fingerprint density at radius 2 is 2.00 bits per heavy atom. The first-order valence-corrected chi connectivity index (χ1v) is 6.71. The van der Waals surface area contributed by atoms with Gasteiger partial charge in [0.05, 0.1) is 23.7 Å². The van der Waals surface area contributed by atoms with Gasteiger partial charge in [0.15, 0.2) is 11.5 Å². The molecule has 2 atom stereocenters. The molecule has 4 nitrogen and oxygen atoms in total. The number of aromatic hydroxyl groups is 1. The van der Waals surface area contributed by atoms with E-state index in [9.17, 15) is 10.2 Å². The van der Waals surface area contributed by atoms with E-state index in [0.717, 1.165) is 0 Å². The minimum absolute atomic E-state index is 0.00122. The van der Waals surface area contributed by atoms with Crippen LogP contribution in [0.3, 0.4) is 0 Å². The number of hydrogen-bond donors (Lipinski definition) is 3. The molecule has 6 heteroatoms. The molecule has 0 radical (unpaired) electrons. The third kappa shape index (κ3) is 2.93. The molecular formula is C11H15Br2NO3. The molecule has 4 N–H and O–H groups in total. The van der Waals surface area contributed by atoms with E-state index < -0.39 is 12.1 Å². The summed E-state index contributed by atoms with van der Waals surface area (Å²) in [6.07, 6.45) is -0.0959. The molecule has 0 saturated carbocycles. The molecule has 0 spiro atoms. The number of rotatable bonds is 4. The number of phenols is 1. The highest BCUT2D eigenvalue weighted by Gasteiger charge is 2.22. The molecule has 1 rings (SSSR count). The van der Waals surface area contributed by atoms with Crippen molar-refractivity contribution in [2.45, 2.75) is 25.5 Å². The Hall–Kier alpha value is -0.300. The molecule has 0 aliphatic rings. The second-order valence-electron chi connectivity index (χ2n) is 3.65. The maximum atomic E-state index is 9.78. The van der Waals surface area contributed by atoms with Gasteiger partial charge in [0.25, 0.3) is 0 Å². The van der Waals surface area contributed by atoms with E-state index in [2.05, 4.69) is 31.9 Å². The van der Waals surface area contributed by atoms with E-state index in [1.807, 2.05) is 6.92 Å². The highest BCUT2D eigenvalue weighted by Crippen LogP contribution is 2.43. The molecule has 1 aromatic rings. The molecule has 0 aliphatic heterocycles.